The van der Waals surface area contributed by atoms with Crippen molar-refractivity contribution in [1.82, 2.24) is 30.8 Å². The van der Waals surface area contributed by atoms with Crippen molar-refractivity contribution >= 4 is 57.8 Å². The molecule has 0 fully saturated rings. The molecule has 13 heteroatoms. The number of rotatable bonds is 11. The fourth-order valence-electron chi connectivity index (χ4n) is 8.27. The second-order valence-electron chi connectivity index (χ2n) is 16.2. The Labute approximate surface area is 357 Å². The number of fused-ring (bicyclic) bond motifs is 8. The van der Waals surface area contributed by atoms with Gasteiger partial charge in [0.25, 0.3) is 0 Å². The summed E-state index contributed by atoms with van der Waals surface area (Å²) in [6.45, 7) is 7.01. The van der Waals surface area contributed by atoms with E-state index < -0.39 is 0 Å². The molecule has 3 aliphatic rings. The molecular weight excluding hydrogens is 793 g/mol. The fourth-order valence-corrected chi connectivity index (χ4v) is 11.3. The highest BCUT2D eigenvalue weighted by atomic mass is 32.2. The summed E-state index contributed by atoms with van der Waals surface area (Å²) in [5.74, 6) is 1.29. The molecule has 2 amide bonds. The van der Waals surface area contributed by atoms with Gasteiger partial charge < -0.3 is 10.6 Å². The Morgan fingerprint density at radius 2 is 1.27 bits per heavy atom. The number of hydrogen-bond donors (Lipinski definition) is 3. The molecule has 4 aromatic carbocycles. The van der Waals surface area contributed by atoms with Crippen LogP contribution in [0.5, 0.6) is 0 Å². The Balaban J connectivity index is 0.978. The van der Waals surface area contributed by atoms with Crippen LogP contribution in [0.15, 0.2) is 132 Å². The topological polar surface area (TPSA) is 117 Å². The zero-order valence-electron chi connectivity index (χ0n) is 33.2. The van der Waals surface area contributed by atoms with E-state index in [1.165, 1.54) is 39.5 Å². The molecule has 0 saturated carbocycles. The quantitative estimate of drug-likeness (QED) is 0.111. The number of amidine groups is 1. The lowest BCUT2D eigenvalue weighted by Crippen LogP contribution is -2.39. The monoisotopic (exact) mass is 838 g/mol. The highest BCUT2D eigenvalue weighted by Gasteiger charge is 2.45. The van der Waals surface area contributed by atoms with Crippen LogP contribution in [0.25, 0.3) is 5.00 Å². The van der Waals surface area contributed by atoms with Crippen molar-refractivity contribution in [3.63, 3.8) is 0 Å². The molecular formula is C46H46N8O2S3. The molecule has 1 unspecified atom stereocenters. The van der Waals surface area contributed by atoms with Gasteiger partial charge in [-0.05, 0) is 58.4 Å². The van der Waals surface area contributed by atoms with Gasteiger partial charge in [-0.2, -0.15) is 5.10 Å². The lowest BCUT2D eigenvalue weighted by atomic mass is 9.72. The molecule has 59 heavy (non-hydrogen) atoms. The third-order valence-electron chi connectivity index (χ3n) is 11.4. The van der Waals surface area contributed by atoms with Gasteiger partial charge in [-0.25, -0.2) is 4.57 Å². The number of nitrogens with one attached hydrogen (secondary N) is 3. The highest BCUT2D eigenvalue weighted by molar-refractivity contribution is 8.14. The molecule has 0 bridgehead atoms. The number of anilines is 1. The number of carbonyl (C=O) groups excluding carboxylic acids is 2. The van der Waals surface area contributed by atoms with Gasteiger partial charge in [0.05, 0.1) is 23.6 Å². The minimum atomic E-state index is -0.288. The van der Waals surface area contributed by atoms with Crippen LogP contribution in [-0.2, 0) is 22.4 Å². The van der Waals surface area contributed by atoms with Crippen molar-refractivity contribution in [2.24, 2.45) is 16.4 Å². The first-order chi connectivity index (χ1) is 28.7. The van der Waals surface area contributed by atoms with Crippen LogP contribution >= 0.6 is 34.9 Å². The van der Waals surface area contributed by atoms with E-state index in [1.54, 1.807) is 0 Å². The maximum Gasteiger partial charge on any atom is 0.241 e. The zero-order valence-corrected chi connectivity index (χ0v) is 35.6. The summed E-state index contributed by atoms with van der Waals surface area (Å²) in [5.41, 5.74) is 10.2. The summed E-state index contributed by atoms with van der Waals surface area (Å²) in [6.07, 6.45) is 2.82. The first-order valence-electron chi connectivity index (χ1n) is 20.0. The minimum absolute atomic E-state index is 0.103. The first-order valence-corrected chi connectivity index (χ1v) is 22.8. The summed E-state index contributed by atoms with van der Waals surface area (Å²) >= 11 is 4.56. The second kappa shape index (κ2) is 16.7. The third kappa shape index (κ3) is 8.03. The lowest BCUT2D eigenvalue weighted by molar-refractivity contribution is -0.119. The van der Waals surface area contributed by atoms with Gasteiger partial charge in [0.2, 0.25) is 17.8 Å². The Hall–Kier alpha value is -5.37. The van der Waals surface area contributed by atoms with Gasteiger partial charge >= 0.3 is 0 Å². The van der Waals surface area contributed by atoms with Gasteiger partial charge in [0, 0.05) is 10.4 Å². The van der Waals surface area contributed by atoms with E-state index in [9.17, 15) is 9.59 Å². The number of nitrogens with zero attached hydrogens (tertiary/aromatic N) is 5. The molecule has 0 spiro atoms. The second-order valence-corrected chi connectivity index (χ2v) is 19.1. The van der Waals surface area contributed by atoms with Crippen molar-refractivity contribution in [2.75, 3.05) is 16.4 Å². The standard InChI is InChI=1S/C46H46N8O2S3/c1-46(2,3)33-24-25-34-35(26-33)59-42-38(34)41-49-51-44(57-27-36(55)47-39(29-16-8-4-9-17-29)30-18-10-5-11-19-30)53(41)43-50-52-45(54(42)43)58-28-37(56)48-40(31-20-12-6-13-21-31)32-22-14-7-15-23-32/h4-23,33,39-41,49H,24-28H2,1-3H3,(H,47,55)(H,48,56)/t33-,41?/m0/s1. The van der Waals surface area contributed by atoms with Gasteiger partial charge in [-0.1, -0.05) is 166 Å². The molecule has 9 rings (SSSR count). The molecule has 1 aliphatic carbocycles. The van der Waals surface area contributed by atoms with E-state index in [4.69, 9.17) is 15.3 Å². The van der Waals surface area contributed by atoms with E-state index in [2.05, 4.69) is 46.3 Å². The Bertz CT molecular complexity index is 2390. The Kier molecular flexibility index (Phi) is 11.1. The van der Waals surface area contributed by atoms with Gasteiger partial charge in [0.15, 0.2) is 16.5 Å². The number of thiophene rings is 1. The molecule has 6 aromatic rings. The average Bonchev–Trinajstić information content (AvgIpc) is 3.99. The summed E-state index contributed by atoms with van der Waals surface area (Å²) in [6, 6.07) is 39.6. The molecule has 2 atom stereocenters. The summed E-state index contributed by atoms with van der Waals surface area (Å²) < 4.78 is 2.11. The lowest BCUT2D eigenvalue weighted by Gasteiger charge is -2.35. The molecule has 4 heterocycles. The van der Waals surface area contributed by atoms with Crippen LogP contribution in [0.3, 0.4) is 0 Å². The van der Waals surface area contributed by atoms with Crippen LogP contribution in [-0.4, -0.2) is 43.3 Å². The number of aromatic nitrogens is 3. The maximum atomic E-state index is 13.8. The highest BCUT2D eigenvalue weighted by Crippen LogP contribution is 2.51. The third-order valence-corrected chi connectivity index (χ3v) is 14.5. The molecule has 3 N–H and O–H groups in total. The molecule has 300 valence electrons. The van der Waals surface area contributed by atoms with Crippen LogP contribution in [0, 0.1) is 11.3 Å². The normalized spacial score (nSPS) is 16.8. The van der Waals surface area contributed by atoms with Crippen molar-refractivity contribution in [2.45, 2.75) is 63.4 Å². The SMILES string of the molecule is CC(C)(C)[C@H]1CCc2c(sc3c2C2NN=C(SCC(=O)NC(c4ccccc4)c4ccccc4)N2c2nnc(SCC(=O)NC(c4ccccc4)c4ccccc4)n2-3)C1. The molecule has 10 nitrogen and oxygen atoms in total. The van der Waals surface area contributed by atoms with Crippen molar-refractivity contribution in [1.29, 1.82) is 0 Å². The predicted octanol–water partition coefficient (Wildman–Crippen LogP) is 8.81. The van der Waals surface area contributed by atoms with E-state index in [0.29, 0.717) is 22.2 Å². The van der Waals surface area contributed by atoms with Crippen LogP contribution in [0.4, 0.5) is 5.95 Å². The molecule has 2 aliphatic heterocycles. The van der Waals surface area contributed by atoms with Gasteiger partial charge in [-0.3, -0.25) is 19.9 Å². The fraction of sp³-hybridized carbons (Fsp3) is 0.283. The Morgan fingerprint density at radius 1 is 0.763 bits per heavy atom. The number of benzene rings is 4. The molecule has 2 aromatic heterocycles. The molecule has 0 saturated heterocycles. The Morgan fingerprint density at radius 3 is 1.78 bits per heavy atom. The number of hydrogen-bond acceptors (Lipinski definition) is 10. The number of carbonyl (C=O) groups is 2. The zero-order chi connectivity index (χ0) is 40.5. The van der Waals surface area contributed by atoms with Crippen molar-refractivity contribution in [3.05, 3.63) is 160 Å². The van der Waals surface area contributed by atoms with E-state index in [1.807, 2.05) is 133 Å². The maximum absolute atomic E-state index is 13.8. The van der Waals surface area contributed by atoms with Crippen LogP contribution in [0.1, 0.15) is 83.7 Å². The number of thioether (sulfide) groups is 2. The van der Waals surface area contributed by atoms with E-state index in [-0.39, 0.29) is 47.0 Å². The summed E-state index contributed by atoms with van der Waals surface area (Å²) in [7, 11) is 0. The first kappa shape index (κ1) is 39.1. The smallest absolute Gasteiger partial charge is 0.241 e. The summed E-state index contributed by atoms with van der Waals surface area (Å²) in [5, 5.41) is 23.2. The minimum Gasteiger partial charge on any atom is -0.344 e. The number of amides is 2. The van der Waals surface area contributed by atoms with Crippen molar-refractivity contribution < 1.29 is 9.59 Å². The molecule has 0 radical (unpaired) electrons. The van der Waals surface area contributed by atoms with Crippen LogP contribution in [0.2, 0.25) is 0 Å². The van der Waals surface area contributed by atoms with Crippen molar-refractivity contribution in [3.8, 4) is 5.00 Å². The average molecular weight is 839 g/mol. The van der Waals surface area contributed by atoms with Gasteiger partial charge in [0.1, 0.15) is 5.00 Å². The van der Waals surface area contributed by atoms with E-state index >= 15 is 0 Å². The predicted molar refractivity (Wildman–Crippen MR) is 239 cm³/mol. The van der Waals surface area contributed by atoms with Gasteiger partial charge in [-0.15, -0.1) is 21.5 Å². The summed E-state index contributed by atoms with van der Waals surface area (Å²) in [4.78, 5) is 31.0. The van der Waals surface area contributed by atoms with Crippen LogP contribution < -0.4 is 21.0 Å². The number of hydrazone groups is 1. The van der Waals surface area contributed by atoms with E-state index in [0.717, 1.165) is 46.5 Å². The largest absolute Gasteiger partial charge is 0.344 e.